The number of hydrogen-bond donors (Lipinski definition) is 0. The number of hydrogen-bond acceptors (Lipinski definition) is 3. The van der Waals surface area contributed by atoms with Gasteiger partial charge in [-0.05, 0) is 18.2 Å². The van der Waals surface area contributed by atoms with Crippen molar-refractivity contribution in [3.63, 3.8) is 0 Å². The minimum atomic E-state index is -0.115. The van der Waals surface area contributed by atoms with Crippen molar-refractivity contribution in [3.05, 3.63) is 65.6 Å². The smallest absolute Gasteiger partial charge is 0.200 e. The van der Waals surface area contributed by atoms with Crippen molar-refractivity contribution in [1.29, 1.82) is 0 Å². The van der Waals surface area contributed by atoms with Gasteiger partial charge in [-0.2, -0.15) is 0 Å². The van der Waals surface area contributed by atoms with Gasteiger partial charge in [0.15, 0.2) is 0 Å². The predicted octanol–water partition coefficient (Wildman–Crippen LogP) is 3.67. The fraction of sp³-hybridized carbons (Fsp3) is 0.263. The van der Waals surface area contributed by atoms with Crippen LogP contribution in [0.4, 0.5) is 0 Å². The van der Waals surface area contributed by atoms with Gasteiger partial charge in [0, 0.05) is 23.9 Å². The van der Waals surface area contributed by atoms with Crippen LogP contribution in [0.2, 0.25) is 0 Å². The van der Waals surface area contributed by atoms with Gasteiger partial charge in [0.05, 0.1) is 23.9 Å². The fourth-order valence-electron chi connectivity index (χ4n) is 2.47. The molecule has 0 saturated heterocycles. The minimum absolute atomic E-state index is 0.0788. The standard InChI is InChI=1S/C19H19N2O2/c1-19(2,3)16-12-21-11-7-9-14(18(21)20-16)17(22)13-8-5-6-10-15(13)23-4/h5-9,11-12H,1-4H3. The molecular formula is C19H19N2O2. The van der Waals surface area contributed by atoms with E-state index in [-0.39, 0.29) is 11.2 Å². The Labute approximate surface area is 135 Å². The molecule has 2 aromatic heterocycles. The molecule has 3 rings (SSSR count). The highest BCUT2D eigenvalue weighted by molar-refractivity contribution is 6.14. The van der Waals surface area contributed by atoms with Gasteiger partial charge in [-0.3, -0.25) is 4.79 Å². The summed E-state index contributed by atoms with van der Waals surface area (Å²) in [6, 6.07) is 11.8. The summed E-state index contributed by atoms with van der Waals surface area (Å²) in [7, 11) is 1.54. The summed E-state index contributed by atoms with van der Waals surface area (Å²) in [5, 5.41) is 0. The van der Waals surface area contributed by atoms with Gasteiger partial charge in [0.25, 0.3) is 0 Å². The van der Waals surface area contributed by atoms with E-state index in [1.807, 2.05) is 22.9 Å². The third-order valence-corrected chi connectivity index (χ3v) is 3.76. The Bertz CT molecular complexity index is 872. The van der Waals surface area contributed by atoms with Crippen LogP contribution in [0.15, 0.2) is 42.7 Å². The van der Waals surface area contributed by atoms with Gasteiger partial charge < -0.3 is 9.14 Å². The minimum Gasteiger partial charge on any atom is -0.495 e. The van der Waals surface area contributed by atoms with E-state index in [9.17, 15) is 4.79 Å². The third kappa shape index (κ3) is 2.72. The molecule has 3 aromatic rings. The Hall–Kier alpha value is -2.62. The molecule has 0 fully saturated rings. The van der Waals surface area contributed by atoms with Gasteiger partial charge in [-0.25, -0.2) is 4.98 Å². The SMILES string of the molecule is COc1[c]cccc1C(=O)c1cccn2cc(C(C)(C)C)nc12. The van der Waals surface area contributed by atoms with Crippen molar-refractivity contribution in [2.24, 2.45) is 0 Å². The summed E-state index contributed by atoms with van der Waals surface area (Å²) in [4.78, 5) is 17.6. The number of carbonyl (C=O) groups excluding carboxylic acids is 1. The molecule has 117 valence electrons. The number of rotatable bonds is 3. The molecule has 0 aliphatic heterocycles. The lowest BCUT2D eigenvalue weighted by atomic mass is 9.93. The number of benzene rings is 1. The number of aromatic nitrogens is 2. The third-order valence-electron chi connectivity index (χ3n) is 3.76. The Morgan fingerprint density at radius 3 is 2.65 bits per heavy atom. The van der Waals surface area contributed by atoms with Crippen LogP contribution in [0, 0.1) is 6.07 Å². The summed E-state index contributed by atoms with van der Waals surface area (Å²) in [6.07, 6.45) is 3.88. The first-order valence-corrected chi connectivity index (χ1v) is 7.49. The predicted molar refractivity (Wildman–Crippen MR) is 89.2 cm³/mol. The van der Waals surface area contributed by atoms with Gasteiger partial charge >= 0.3 is 0 Å². The molecule has 1 aromatic carbocycles. The van der Waals surface area contributed by atoms with Crippen LogP contribution in [0.1, 0.15) is 42.4 Å². The number of nitrogens with zero attached hydrogens (tertiary/aromatic N) is 2. The number of ketones is 1. The second-order valence-corrected chi connectivity index (χ2v) is 6.48. The van der Waals surface area contributed by atoms with Gasteiger partial charge in [-0.1, -0.05) is 32.9 Å². The largest absolute Gasteiger partial charge is 0.495 e. The Morgan fingerprint density at radius 2 is 1.96 bits per heavy atom. The molecule has 0 bridgehead atoms. The lowest BCUT2D eigenvalue weighted by Crippen LogP contribution is -2.11. The number of pyridine rings is 1. The molecule has 0 aliphatic rings. The molecule has 0 amide bonds. The Balaban J connectivity index is 2.16. The quantitative estimate of drug-likeness (QED) is 0.693. The van der Waals surface area contributed by atoms with Crippen molar-refractivity contribution in [1.82, 2.24) is 9.38 Å². The summed E-state index contributed by atoms with van der Waals surface area (Å²) in [6.45, 7) is 6.31. The molecule has 2 heterocycles. The van der Waals surface area contributed by atoms with Crippen LogP contribution in [-0.4, -0.2) is 22.3 Å². The second kappa shape index (κ2) is 5.54. The molecule has 4 nitrogen and oxygen atoms in total. The van der Waals surface area contributed by atoms with E-state index in [1.165, 1.54) is 7.11 Å². The number of fused-ring (bicyclic) bond motifs is 1. The Kier molecular flexibility index (Phi) is 3.68. The molecule has 23 heavy (non-hydrogen) atoms. The lowest BCUT2D eigenvalue weighted by molar-refractivity contribution is 0.103. The van der Waals surface area contributed by atoms with E-state index in [1.54, 1.807) is 24.3 Å². The van der Waals surface area contributed by atoms with Crippen LogP contribution in [0.25, 0.3) is 5.65 Å². The summed E-state index contributed by atoms with van der Waals surface area (Å²) in [5.41, 5.74) is 2.58. The van der Waals surface area contributed by atoms with Gasteiger partial charge in [-0.15, -0.1) is 0 Å². The number of ether oxygens (including phenoxy) is 1. The van der Waals surface area contributed by atoms with Crippen molar-refractivity contribution >= 4 is 11.4 Å². The van der Waals surface area contributed by atoms with Crippen molar-refractivity contribution < 1.29 is 9.53 Å². The van der Waals surface area contributed by atoms with E-state index in [4.69, 9.17) is 4.74 Å². The van der Waals surface area contributed by atoms with Crippen LogP contribution < -0.4 is 4.74 Å². The molecule has 0 unspecified atom stereocenters. The van der Waals surface area contributed by atoms with Crippen LogP contribution >= 0.6 is 0 Å². The summed E-state index contributed by atoms with van der Waals surface area (Å²) >= 11 is 0. The van der Waals surface area contributed by atoms with E-state index >= 15 is 0 Å². The first kappa shape index (κ1) is 15.3. The molecule has 0 aliphatic carbocycles. The van der Waals surface area contributed by atoms with Gasteiger partial charge in [0.2, 0.25) is 5.78 Å². The molecule has 0 N–H and O–H groups in total. The van der Waals surface area contributed by atoms with Crippen molar-refractivity contribution in [2.45, 2.75) is 26.2 Å². The zero-order valence-electron chi connectivity index (χ0n) is 13.8. The van der Waals surface area contributed by atoms with E-state index in [0.717, 1.165) is 5.69 Å². The molecular weight excluding hydrogens is 288 g/mol. The Morgan fingerprint density at radius 1 is 1.22 bits per heavy atom. The van der Waals surface area contributed by atoms with Crippen LogP contribution in [0.5, 0.6) is 5.75 Å². The number of methoxy groups -OCH3 is 1. The molecule has 0 saturated carbocycles. The topological polar surface area (TPSA) is 43.6 Å². The highest BCUT2D eigenvalue weighted by Crippen LogP contribution is 2.26. The monoisotopic (exact) mass is 307 g/mol. The van der Waals surface area contributed by atoms with E-state index < -0.39 is 0 Å². The van der Waals surface area contributed by atoms with Crippen molar-refractivity contribution in [3.8, 4) is 5.75 Å². The zero-order chi connectivity index (χ0) is 16.6. The van der Waals surface area contributed by atoms with E-state index in [0.29, 0.717) is 22.5 Å². The number of para-hydroxylation sites is 1. The maximum absolute atomic E-state index is 12.9. The molecule has 4 heteroatoms. The maximum Gasteiger partial charge on any atom is 0.200 e. The van der Waals surface area contributed by atoms with Gasteiger partial charge in [0.1, 0.15) is 11.4 Å². The number of imidazole rings is 1. The lowest BCUT2D eigenvalue weighted by Gasteiger charge is -2.13. The summed E-state index contributed by atoms with van der Waals surface area (Å²) in [5.74, 6) is 0.331. The highest BCUT2D eigenvalue weighted by atomic mass is 16.5. The normalized spacial score (nSPS) is 11.7. The molecule has 0 atom stereocenters. The highest BCUT2D eigenvalue weighted by Gasteiger charge is 2.22. The van der Waals surface area contributed by atoms with E-state index in [2.05, 4.69) is 31.8 Å². The number of carbonyl (C=O) groups is 1. The first-order valence-electron chi connectivity index (χ1n) is 7.49. The summed E-state index contributed by atoms with van der Waals surface area (Å²) < 4.78 is 7.15. The van der Waals surface area contributed by atoms with Crippen LogP contribution in [0.3, 0.4) is 0 Å². The molecule has 0 spiro atoms. The average Bonchev–Trinajstić information content (AvgIpc) is 2.98. The fourth-order valence-corrected chi connectivity index (χ4v) is 2.47. The molecule has 1 radical (unpaired) electrons. The second-order valence-electron chi connectivity index (χ2n) is 6.48. The zero-order valence-corrected chi connectivity index (χ0v) is 13.8. The first-order chi connectivity index (χ1) is 10.9. The maximum atomic E-state index is 12.9. The van der Waals surface area contributed by atoms with Crippen LogP contribution in [-0.2, 0) is 5.41 Å². The average molecular weight is 307 g/mol. The van der Waals surface area contributed by atoms with Crippen molar-refractivity contribution in [2.75, 3.05) is 7.11 Å².